The van der Waals surface area contributed by atoms with Crippen molar-refractivity contribution in [2.75, 3.05) is 0 Å². The Kier molecular flexibility index (Phi) is 13.9. The molecule has 0 unspecified atom stereocenters. The molecule has 202 valence electrons. The fourth-order valence-electron chi connectivity index (χ4n) is 6.17. The van der Waals surface area contributed by atoms with Gasteiger partial charge in [-0.2, -0.15) is 0 Å². The molecule has 5 heteroatoms. The molecule has 2 aliphatic carbocycles. The van der Waals surface area contributed by atoms with E-state index in [1.165, 1.54) is 150 Å². The summed E-state index contributed by atoms with van der Waals surface area (Å²) in [5.74, 6) is 0. The van der Waals surface area contributed by atoms with Crippen molar-refractivity contribution in [1.29, 1.82) is 0 Å². The normalized spacial score (nSPS) is 21.9. The number of benzene rings is 1. The van der Waals surface area contributed by atoms with Crippen LogP contribution in [0.4, 0.5) is 0 Å². The third-order valence-corrected chi connectivity index (χ3v) is 12.3. The maximum Gasteiger partial charge on any atom is 0.162 e. The summed E-state index contributed by atoms with van der Waals surface area (Å²) in [6.45, 7) is 0. The molecule has 0 saturated heterocycles. The van der Waals surface area contributed by atoms with E-state index in [-0.39, 0.29) is 0 Å². The zero-order valence-corrected chi connectivity index (χ0v) is 25.1. The van der Waals surface area contributed by atoms with Crippen molar-refractivity contribution in [1.82, 2.24) is 9.29 Å². The van der Waals surface area contributed by atoms with E-state index in [4.69, 9.17) is 4.98 Å². The average Bonchev–Trinajstić information content (AvgIpc) is 3.29. The zero-order valence-electron chi connectivity index (χ0n) is 22.6. The van der Waals surface area contributed by atoms with Crippen LogP contribution >= 0.6 is 33.1 Å². The first-order valence-electron chi connectivity index (χ1n) is 15.4. The Morgan fingerprint density at radius 3 is 1.44 bits per heavy atom. The Labute approximate surface area is 233 Å². The minimum Gasteiger partial charge on any atom is -0.235 e. The quantitative estimate of drug-likeness (QED) is 0.274. The van der Waals surface area contributed by atoms with Crippen LogP contribution in [0.1, 0.15) is 141 Å². The average molecular weight is 547 g/mol. The monoisotopic (exact) mass is 546 g/mol. The Hall–Kier alpha value is -0.230. The number of thiazole rings is 1. The highest BCUT2D eigenvalue weighted by Gasteiger charge is 2.27. The minimum atomic E-state index is 0.731. The van der Waals surface area contributed by atoms with Crippen LogP contribution in [-0.2, 0) is 0 Å². The molecule has 2 aromatic rings. The van der Waals surface area contributed by atoms with Gasteiger partial charge in [-0.05, 0) is 59.6 Å². The molecule has 1 aromatic carbocycles. The van der Waals surface area contributed by atoms with E-state index in [1.807, 2.05) is 22.1 Å². The largest absolute Gasteiger partial charge is 0.235 e. The summed E-state index contributed by atoms with van der Waals surface area (Å²) < 4.78 is 5.49. The van der Waals surface area contributed by atoms with Crippen molar-refractivity contribution >= 4 is 43.3 Å². The highest BCUT2D eigenvalue weighted by molar-refractivity contribution is 8.76. The lowest BCUT2D eigenvalue weighted by molar-refractivity contribution is 0.213. The molecule has 2 aliphatic rings. The fourth-order valence-corrected chi connectivity index (χ4v) is 10.1. The first-order valence-corrected chi connectivity index (χ1v) is 18.3. The van der Waals surface area contributed by atoms with Crippen LogP contribution < -0.4 is 0 Å². The van der Waals surface area contributed by atoms with E-state index >= 15 is 0 Å². The molecule has 4 rings (SSSR count). The Balaban J connectivity index is 1.47. The molecule has 1 aromatic heterocycles. The molecule has 0 bridgehead atoms. The second-order valence-electron chi connectivity index (χ2n) is 11.3. The maximum atomic E-state index is 4.98. The van der Waals surface area contributed by atoms with Crippen molar-refractivity contribution in [3.05, 3.63) is 24.3 Å². The van der Waals surface area contributed by atoms with Crippen molar-refractivity contribution in [2.24, 2.45) is 0 Å². The molecular formula is C31H50N2S3. The van der Waals surface area contributed by atoms with Gasteiger partial charge in [0.1, 0.15) is 0 Å². The maximum absolute atomic E-state index is 4.98. The lowest BCUT2D eigenvalue weighted by atomic mass is 9.94. The van der Waals surface area contributed by atoms with E-state index < -0.39 is 0 Å². The third kappa shape index (κ3) is 10.2. The van der Waals surface area contributed by atoms with Crippen molar-refractivity contribution in [3.63, 3.8) is 0 Å². The number of aromatic nitrogens is 1. The van der Waals surface area contributed by atoms with Gasteiger partial charge < -0.3 is 0 Å². The van der Waals surface area contributed by atoms with Crippen molar-refractivity contribution < 1.29 is 0 Å². The third-order valence-electron chi connectivity index (χ3n) is 8.34. The van der Waals surface area contributed by atoms with Gasteiger partial charge in [-0.1, -0.05) is 128 Å². The minimum absolute atomic E-state index is 0.731. The second-order valence-corrected chi connectivity index (χ2v) is 14.7. The Morgan fingerprint density at radius 1 is 0.583 bits per heavy atom. The highest BCUT2D eigenvalue weighted by Crippen LogP contribution is 2.43. The predicted octanol–water partition coefficient (Wildman–Crippen LogP) is 11.6. The van der Waals surface area contributed by atoms with E-state index in [0.29, 0.717) is 0 Å². The number of fused-ring (bicyclic) bond motifs is 1. The van der Waals surface area contributed by atoms with Gasteiger partial charge in [0.2, 0.25) is 0 Å². The summed E-state index contributed by atoms with van der Waals surface area (Å²) in [5.41, 5.74) is 1.16. The molecule has 36 heavy (non-hydrogen) atoms. The Bertz CT molecular complexity index is 751. The van der Waals surface area contributed by atoms with Gasteiger partial charge in [0.05, 0.1) is 10.2 Å². The van der Waals surface area contributed by atoms with Crippen LogP contribution in [0, 0.1) is 0 Å². The number of para-hydroxylation sites is 1. The first-order chi connectivity index (χ1) is 17.9. The molecule has 2 saturated carbocycles. The molecule has 0 aliphatic heterocycles. The van der Waals surface area contributed by atoms with E-state index in [9.17, 15) is 0 Å². The molecule has 1 heterocycles. The molecule has 2 nitrogen and oxygen atoms in total. The van der Waals surface area contributed by atoms with Gasteiger partial charge in [0.15, 0.2) is 4.34 Å². The van der Waals surface area contributed by atoms with Crippen LogP contribution in [-0.4, -0.2) is 21.4 Å². The number of hydrogen-bond donors (Lipinski definition) is 0. The molecule has 0 spiro atoms. The molecule has 0 atom stereocenters. The molecule has 0 N–H and O–H groups in total. The summed E-state index contributed by atoms with van der Waals surface area (Å²) in [7, 11) is 4.02. The molecule has 2 fully saturated rings. The molecule has 0 radical (unpaired) electrons. The van der Waals surface area contributed by atoms with E-state index in [2.05, 4.69) is 39.6 Å². The van der Waals surface area contributed by atoms with Crippen molar-refractivity contribution in [2.45, 2.75) is 158 Å². The summed E-state index contributed by atoms with van der Waals surface area (Å²) in [4.78, 5) is 4.98. The van der Waals surface area contributed by atoms with Gasteiger partial charge in [0.25, 0.3) is 0 Å². The standard InChI is InChI=1S/C31H50N2S3/c1-3-7-11-15-21-27(22-16-12-8-4-1)33(28-23-17-13-9-5-2-6-10-14-18-24-28)36-35-31-32-29-25-19-20-26-30(29)34-31/h19-20,25-28H,1-18,21-24H2. The SMILES string of the molecule is c1ccc2sc(SSN(C3CCCCCCCCCCC3)C3CCCCCCCCCCC3)nc2c1. The number of hydrogen-bond acceptors (Lipinski definition) is 5. The van der Waals surface area contributed by atoms with Gasteiger partial charge in [-0.25, -0.2) is 9.29 Å². The van der Waals surface area contributed by atoms with Crippen molar-refractivity contribution in [3.8, 4) is 0 Å². The zero-order chi connectivity index (χ0) is 24.7. The van der Waals surface area contributed by atoms with Crippen LogP contribution in [0.25, 0.3) is 10.2 Å². The molecule has 0 amide bonds. The summed E-state index contributed by atoms with van der Waals surface area (Å²) in [5, 5.41) is 0. The second kappa shape index (κ2) is 17.4. The van der Waals surface area contributed by atoms with E-state index in [0.717, 1.165) is 17.6 Å². The smallest absolute Gasteiger partial charge is 0.162 e. The first kappa shape index (κ1) is 28.8. The van der Waals surface area contributed by atoms with Gasteiger partial charge in [-0.3, -0.25) is 0 Å². The van der Waals surface area contributed by atoms with Gasteiger partial charge in [0, 0.05) is 12.1 Å². The van der Waals surface area contributed by atoms with Crippen LogP contribution in [0.15, 0.2) is 28.6 Å². The van der Waals surface area contributed by atoms with E-state index in [1.54, 1.807) is 0 Å². The van der Waals surface area contributed by atoms with Crippen LogP contribution in [0.5, 0.6) is 0 Å². The number of rotatable bonds is 5. The predicted molar refractivity (Wildman–Crippen MR) is 164 cm³/mol. The summed E-state index contributed by atoms with van der Waals surface area (Å²) in [6, 6.07) is 10.1. The van der Waals surface area contributed by atoms with Gasteiger partial charge in [-0.15, -0.1) is 11.3 Å². The fraction of sp³-hybridized carbons (Fsp3) is 0.774. The topological polar surface area (TPSA) is 16.1 Å². The molecular weight excluding hydrogens is 497 g/mol. The lowest BCUT2D eigenvalue weighted by Crippen LogP contribution is -2.38. The van der Waals surface area contributed by atoms with Crippen LogP contribution in [0.2, 0.25) is 0 Å². The highest BCUT2D eigenvalue weighted by atomic mass is 33.1. The lowest BCUT2D eigenvalue weighted by Gasteiger charge is -2.37. The number of nitrogens with zero attached hydrogens (tertiary/aromatic N) is 2. The summed E-state index contributed by atoms with van der Waals surface area (Å²) >= 11 is 1.87. The summed E-state index contributed by atoms with van der Waals surface area (Å²) in [6.07, 6.45) is 31.5. The van der Waals surface area contributed by atoms with Gasteiger partial charge >= 0.3 is 0 Å². The van der Waals surface area contributed by atoms with Crippen LogP contribution in [0.3, 0.4) is 0 Å². The Morgan fingerprint density at radius 2 is 1.00 bits per heavy atom.